The monoisotopic (exact) mass is 442 g/mol. The van der Waals surface area contributed by atoms with Crippen LogP contribution in [0.2, 0.25) is 0 Å². The van der Waals surface area contributed by atoms with Crippen LogP contribution in [0.15, 0.2) is 53.6 Å². The molecule has 4 rings (SSSR count). The Morgan fingerprint density at radius 1 is 1.16 bits per heavy atom. The fraction of sp³-hybridized carbons (Fsp3) is 0.238. The highest BCUT2D eigenvalue weighted by Crippen LogP contribution is 2.32. The average molecular weight is 442 g/mol. The van der Waals surface area contributed by atoms with Crippen LogP contribution in [-0.4, -0.2) is 37.9 Å². The molecule has 0 fully saturated rings. The van der Waals surface area contributed by atoms with Gasteiger partial charge in [-0.1, -0.05) is 23.8 Å². The molecule has 10 heteroatoms. The van der Waals surface area contributed by atoms with Crippen LogP contribution in [0.3, 0.4) is 0 Å². The van der Waals surface area contributed by atoms with Gasteiger partial charge in [-0.25, -0.2) is 8.42 Å². The van der Waals surface area contributed by atoms with Gasteiger partial charge in [0.25, 0.3) is 15.9 Å². The van der Waals surface area contributed by atoms with Crippen molar-refractivity contribution in [2.75, 3.05) is 18.1 Å². The molecule has 2 heterocycles. The van der Waals surface area contributed by atoms with Gasteiger partial charge >= 0.3 is 0 Å². The summed E-state index contributed by atoms with van der Waals surface area (Å²) in [6.07, 6.45) is 1.35. The highest BCUT2D eigenvalue weighted by atomic mass is 32.2. The fourth-order valence-corrected chi connectivity index (χ4v) is 4.52. The van der Waals surface area contributed by atoms with Crippen LogP contribution in [0.1, 0.15) is 21.5 Å². The lowest BCUT2D eigenvalue weighted by Crippen LogP contribution is -2.31. The van der Waals surface area contributed by atoms with Gasteiger partial charge in [0.1, 0.15) is 5.56 Å². The molecular formula is C21H22N4O5S. The molecule has 0 saturated carbocycles. The third kappa shape index (κ3) is 3.93. The molecular weight excluding hydrogens is 420 g/mol. The molecule has 0 spiro atoms. The Morgan fingerprint density at radius 2 is 1.87 bits per heavy atom. The number of anilines is 1. The number of carbonyl (C=O) groups is 1. The van der Waals surface area contributed by atoms with E-state index >= 15 is 0 Å². The summed E-state index contributed by atoms with van der Waals surface area (Å²) in [6.45, 7) is 2.29. The third-order valence-electron chi connectivity index (χ3n) is 5.02. The van der Waals surface area contributed by atoms with Crippen molar-refractivity contribution in [1.29, 1.82) is 0 Å². The number of fused-ring (bicyclic) bond motifs is 1. The Balaban J connectivity index is 1.55. The molecule has 3 aromatic rings. The number of nitrogens with one attached hydrogen (secondary N) is 1. The Kier molecular flexibility index (Phi) is 5.32. The van der Waals surface area contributed by atoms with Crippen LogP contribution in [-0.2, 0) is 23.6 Å². The number of hydrogen-bond acceptors (Lipinski definition) is 6. The highest BCUT2D eigenvalue weighted by molar-refractivity contribution is 7.92. The Bertz CT molecular complexity index is 1240. The number of nitrogens with zero attached hydrogens (tertiary/aromatic N) is 3. The van der Waals surface area contributed by atoms with Crippen LogP contribution >= 0.6 is 0 Å². The molecule has 0 saturated heterocycles. The minimum absolute atomic E-state index is 0.133. The van der Waals surface area contributed by atoms with Gasteiger partial charge in [-0.15, -0.1) is 0 Å². The predicted molar refractivity (Wildman–Crippen MR) is 114 cm³/mol. The van der Waals surface area contributed by atoms with Gasteiger partial charge in [-0.2, -0.15) is 5.10 Å². The SMILES string of the molecule is Cc1ccc(S(=O)(=O)N(C)c2c(C(=O)NCc3ccc4c(c3)OCO4)cnn2C)cc1. The van der Waals surface area contributed by atoms with E-state index in [0.29, 0.717) is 11.5 Å². The van der Waals surface area contributed by atoms with E-state index in [-0.39, 0.29) is 29.6 Å². The van der Waals surface area contributed by atoms with Crippen LogP contribution in [0, 0.1) is 6.92 Å². The lowest BCUT2D eigenvalue weighted by atomic mass is 10.2. The molecule has 0 bridgehead atoms. The van der Waals surface area contributed by atoms with E-state index in [1.165, 1.54) is 30.1 Å². The highest BCUT2D eigenvalue weighted by Gasteiger charge is 2.28. The normalized spacial score (nSPS) is 12.6. The largest absolute Gasteiger partial charge is 0.454 e. The summed E-state index contributed by atoms with van der Waals surface area (Å²) in [6, 6.07) is 11.9. The lowest BCUT2D eigenvalue weighted by molar-refractivity contribution is 0.0951. The minimum atomic E-state index is -3.87. The molecule has 2 aromatic carbocycles. The quantitative estimate of drug-likeness (QED) is 0.628. The molecule has 0 unspecified atom stereocenters. The molecule has 162 valence electrons. The maximum absolute atomic E-state index is 13.1. The second-order valence-corrected chi connectivity index (χ2v) is 9.13. The van der Waals surface area contributed by atoms with E-state index in [0.717, 1.165) is 15.4 Å². The number of sulfonamides is 1. The zero-order chi connectivity index (χ0) is 22.2. The van der Waals surface area contributed by atoms with Crippen LogP contribution in [0.4, 0.5) is 5.82 Å². The number of rotatable bonds is 6. The zero-order valence-electron chi connectivity index (χ0n) is 17.3. The van der Waals surface area contributed by atoms with Crippen molar-refractivity contribution in [3.05, 3.63) is 65.4 Å². The maximum atomic E-state index is 13.1. The van der Waals surface area contributed by atoms with Crippen molar-refractivity contribution in [2.45, 2.75) is 18.4 Å². The number of hydrogen-bond donors (Lipinski definition) is 1. The van der Waals surface area contributed by atoms with Gasteiger partial charge in [0.05, 0.1) is 11.1 Å². The van der Waals surface area contributed by atoms with Crippen molar-refractivity contribution >= 4 is 21.7 Å². The molecule has 9 nitrogen and oxygen atoms in total. The second kappa shape index (κ2) is 7.95. The number of ether oxygens (including phenoxy) is 2. The van der Waals surface area contributed by atoms with Gasteiger partial charge in [0.2, 0.25) is 6.79 Å². The topological polar surface area (TPSA) is 103 Å². The first-order chi connectivity index (χ1) is 14.8. The Hall–Kier alpha value is -3.53. The smallest absolute Gasteiger partial charge is 0.265 e. The molecule has 1 amide bonds. The third-order valence-corrected chi connectivity index (χ3v) is 6.78. The molecule has 0 aliphatic carbocycles. The fourth-order valence-electron chi connectivity index (χ4n) is 3.28. The first kappa shape index (κ1) is 20.7. The average Bonchev–Trinajstić information content (AvgIpc) is 3.37. The Labute approximate surface area is 180 Å². The molecule has 1 aliphatic heterocycles. The molecule has 0 atom stereocenters. The zero-order valence-corrected chi connectivity index (χ0v) is 18.1. The number of amides is 1. The van der Waals surface area contributed by atoms with Crippen molar-refractivity contribution in [1.82, 2.24) is 15.1 Å². The van der Waals surface area contributed by atoms with E-state index < -0.39 is 15.9 Å². The van der Waals surface area contributed by atoms with Gasteiger partial charge < -0.3 is 14.8 Å². The van der Waals surface area contributed by atoms with Crippen molar-refractivity contribution in [3.8, 4) is 11.5 Å². The van der Waals surface area contributed by atoms with Crippen LogP contribution in [0.5, 0.6) is 11.5 Å². The Morgan fingerprint density at radius 3 is 2.61 bits per heavy atom. The maximum Gasteiger partial charge on any atom is 0.265 e. The van der Waals surface area contributed by atoms with E-state index in [1.54, 1.807) is 31.3 Å². The summed E-state index contributed by atoms with van der Waals surface area (Å²) in [7, 11) is -0.877. The summed E-state index contributed by atoms with van der Waals surface area (Å²) < 4.78 is 39.2. The number of aromatic nitrogens is 2. The van der Waals surface area contributed by atoms with Gasteiger partial charge in [0.15, 0.2) is 17.3 Å². The van der Waals surface area contributed by atoms with Gasteiger partial charge in [-0.05, 0) is 36.8 Å². The molecule has 1 aromatic heterocycles. The molecule has 0 radical (unpaired) electrons. The van der Waals surface area contributed by atoms with E-state index in [9.17, 15) is 13.2 Å². The summed E-state index contributed by atoms with van der Waals surface area (Å²) in [4.78, 5) is 13.0. The summed E-state index contributed by atoms with van der Waals surface area (Å²) >= 11 is 0. The van der Waals surface area contributed by atoms with Crippen LogP contribution < -0.4 is 19.1 Å². The van der Waals surface area contributed by atoms with Gasteiger partial charge in [-0.3, -0.25) is 13.8 Å². The molecule has 1 N–H and O–H groups in total. The summed E-state index contributed by atoms with van der Waals surface area (Å²) in [5.74, 6) is 1.01. The van der Waals surface area contributed by atoms with Gasteiger partial charge in [0, 0.05) is 20.6 Å². The van der Waals surface area contributed by atoms with E-state index in [4.69, 9.17) is 9.47 Å². The molecule has 31 heavy (non-hydrogen) atoms. The predicted octanol–water partition coefficient (Wildman–Crippen LogP) is 2.21. The van der Waals surface area contributed by atoms with Crippen molar-refractivity contribution in [2.24, 2.45) is 7.05 Å². The summed E-state index contributed by atoms with van der Waals surface area (Å²) in [5, 5.41) is 6.90. The van der Waals surface area contributed by atoms with E-state index in [1.807, 2.05) is 13.0 Å². The number of aryl methyl sites for hydroxylation is 2. The van der Waals surface area contributed by atoms with E-state index in [2.05, 4.69) is 10.4 Å². The first-order valence-corrected chi connectivity index (χ1v) is 11.0. The number of carbonyl (C=O) groups excluding carboxylic acids is 1. The molecule has 1 aliphatic rings. The standard InChI is InChI=1S/C21H22N4O5S/c1-14-4-7-16(8-5-14)31(27,28)25(3)21-17(12-23-24(21)2)20(26)22-11-15-6-9-18-19(10-15)30-13-29-18/h4-10,12H,11,13H2,1-3H3,(H,22,26). The van der Waals surface area contributed by atoms with Crippen molar-refractivity contribution < 1.29 is 22.7 Å². The minimum Gasteiger partial charge on any atom is -0.454 e. The van der Waals surface area contributed by atoms with Crippen LogP contribution in [0.25, 0.3) is 0 Å². The summed E-state index contributed by atoms with van der Waals surface area (Å²) in [5.41, 5.74) is 1.93. The van der Waals surface area contributed by atoms with Crippen molar-refractivity contribution in [3.63, 3.8) is 0 Å². The lowest BCUT2D eigenvalue weighted by Gasteiger charge is -2.21. The second-order valence-electron chi connectivity index (χ2n) is 7.16. The first-order valence-electron chi connectivity index (χ1n) is 9.51. The number of benzene rings is 2.